The summed E-state index contributed by atoms with van der Waals surface area (Å²) in [6, 6.07) is 12.9. The van der Waals surface area contributed by atoms with Crippen molar-refractivity contribution < 1.29 is 0 Å². The molecule has 0 aliphatic carbocycles. The predicted molar refractivity (Wildman–Crippen MR) is 76.8 cm³/mol. The maximum Gasteiger partial charge on any atom is 0.364 e. The second-order valence-corrected chi connectivity index (χ2v) is 4.62. The van der Waals surface area contributed by atoms with E-state index < -0.39 is 0 Å². The van der Waals surface area contributed by atoms with Crippen molar-refractivity contribution in [1.82, 2.24) is 19.8 Å². The van der Waals surface area contributed by atoms with Gasteiger partial charge in [0.15, 0.2) is 5.65 Å². The Hall–Kier alpha value is -3.14. The number of aromatic nitrogens is 4. The Bertz CT molecular complexity index is 871. The second-order valence-electron chi connectivity index (χ2n) is 4.62. The van der Waals surface area contributed by atoms with Crippen molar-refractivity contribution in [3.63, 3.8) is 0 Å². The molecule has 0 saturated heterocycles. The van der Waals surface area contributed by atoms with E-state index in [2.05, 4.69) is 26.7 Å². The van der Waals surface area contributed by atoms with Crippen molar-refractivity contribution in [3.8, 4) is 6.07 Å². The van der Waals surface area contributed by atoms with Crippen molar-refractivity contribution in [2.75, 3.05) is 5.32 Å². The van der Waals surface area contributed by atoms with Crippen LogP contribution in [0.15, 0.2) is 41.2 Å². The second kappa shape index (κ2) is 5.09. The lowest BCUT2D eigenvalue weighted by Gasteiger charge is -2.14. The van der Waals surface area contributed by atoms with Gasteiger partial charge < -0.3 is 5.32 Å². The summed E-state index contributed by atoms with van der Waals surface area (Å²) in [6.07, 6.45) is 0. The molecule has 3 aromatic rings. The lowest BCUT2D eigenvalue weighted by molar-refractivity contribution is 0.830. The molecule has 2 N–H and O–H groups in total. The Labute approximate surface area is 119 Å². The van der Waals surface area contributed by atoms with Crippen molar-refractivity contribution in [1.29, 1.82) is 5.26 Å². The molecule has 2 heterocycles. The van der Waals surface area contributed by atoms with Gasteiger partial charge in [0.1, 0.15) is 5.82 Å². The van der Waals surface area contributed by atoms with Crippen LogP contribution in [0, 0.1) is 11.3 Å². The van der Waals surface area contributed by atoms with Crippen LogP contribution in [0.1, 0.15) is 24.1 Å². The van der Waals surface area contributed by atoms with Crippen molar-refractivity contribution >= 4 is 11.5 Å². The summed E-state index contributed by atoms with van der Waals surface area (Å²) in [5.74, 6) is 0.572. The SMILES string of the molecule is CC(Nc1ccc2n[nH]c(=O)n2n1)c1ccc(C#N)cc1. The van der Waals surface area contributed by atoms with Gasteiger partial charge in [-0.05, 0) is 36.8 Å². The molecule has 3 rings (SSSR count). The first-order valence-electron chi connectivity index (χ1n) is 6.38. The van der Waals surface area contributed by atoms with Gasteiger partial charge in [0.2, 0.25) is 0 Å². The van der Waals surface area contributed by atoms with Crippen molar-refractivity contribution in [2.24, 2.45) is 0 Å². The van der Waals surface area contributed by atoms with Gasteiger partial charge >= 0.3 is 5.69 Å². The number of fused-ring (bicyclic) bond motifs is 1. The zero-order valence-electron chi connectivity index (χ0n) is 11.2. The van der Waals surface area contributed by atoms with E-state index in [-0.39, 0.29) is 11.7 Å². The van der Waals surface area contributed by atoms with Crippen LogP contribution < -0.4 is 11.0 Å². The van der Waals surface area contributed by atoms with Gasteiger partial charge in [-0.25, -0.2) is 9.89 Å². The molecule has 0 bridgehead atoms. The number of rotatable bonds is 3. The minimum Gasteiger partial charge on any atom is -0.362 e. The van der Waals surface area contributed by atoms with Crippen LogP contribution in [0.3, 0.4) is 0 Å². The van der Waals surface area contributed by atoms with E-state index in [4.69, 9.17) is 5.26 Å². The molecule has 0 radical (unpaired) electrons. The summed E-state index contributed by atoms with van der Waals surface area (Å²) in [6.45, 7) is 1.98. The highest BCUT2D eigenvalue weighted by Crippen LogP contribution is 2.18. The average molecular weight is 280 g/mol. The summed E-state index contributed by atoms with van der Waals surface area (Å²) in [7, 11) is 0. The van der Waals surface area contributed by atoms with Gasteiger partial charge in [-0.2, -0.15) is 14.9 Å². The molecular weight excluding hydrogens is 268 g/mol. The molecule has 0 aliphatic heterocycles. The number of nitriles is 1. The summed E-state index contributed by atoms with van der Waals surface area (Å²) in [4.78, 5) is 11.5. The molecule has 7 nitrogen and oxygen atoms in total. The summed E-state index contributed by atoms with van der Waals surface area (Å²) < 4.78 is 1.20. The normalized spacial score (nSPS) is 12.0. The third kappa shape index (κ3) is 2.47. The molecule has 0 aliphatic rings. The monoisotopic (exact) mass is 280 g/mol. The molecule has 1 aromatic carbocycles. The van der Waals surface area contributed by atoms with Gasteiger partial charge in [-0.3, -0.25) is 0 Å². The Balaban J connectivity index is 1.84. The molecule has 104 valence electrons. The number of aromatic amines is 1. The van der Waals surface area contributed by atoms with Gasteiger partial charge in [0.05, 0.1) is 11.6 Å². The van der Waals surface area contributed by atoms with E-state index in [9.17, 15) is 4.79 Å². The Morgan fingerprint density at radius 1 is 1.29 bits per heavy atom. The highest BCUT2D eigenvalue weighted by atomic mass is 16.2. The molecule has 0 saturated carbocycles. The highest BCUT2D eigenvalue weighted by molar-refractivity contribution is 5.45. The van der Waals surface area contributed by atoms with E-state index >= 15 is 0 Å². The standard InChI is InChI=1S/C14H12N6O/c1-9(11-4-2-10(8-15)3-5-11)16-12-6-7-13-17-18-14(21)20(13)19-12/h2-7,9H,1H3,(H,16,19)(H,18,21). The van der Waals surface area contributed by atoms with E-state index in [1.807, 2.05) is 19.1 Å². The summed E-state index contributed by atoms with van der Waals surface area (Å²) >= 11 is 0. The molecule has 0 spiro atoms. The van der Waals surface area contributed by atoms with Crippen LogP contribution >= 0.6 is 0 Å². The fourth-order valence-corrected chi connectivity index (χ4v) is 2.03. The van der Waals surface area contributed by atoms with Crippen LogP contribution in [0.25, 0.3) is 5.65 Å². The van der Waals surface area contributed by atoms with E-state index in [0.29, 0.717) is 17.0 Å². The van der Waals surface area contributed by atoms with Crippen molar-refractivity contribution in [2.45, 2.75) is 13.0 Å². The molecular formula is C14H12N6O. The minimum atomic E-state index is -0.375. The molecule has 21 heavy (non-hydrogen) atoms. The minimum absolute atomic E-state index is 0.00899. The number of hydrogen-bond donors (Lipinski definition) is 2. The van der Waals surface area contributed by atoms with Gasteiger partial charge in [-0.15, -0.1) is 5.10 Å². The maximum absolute atomic E-state index is 11.5. The summed E-state index contributed by atoms with van der Waals surface area (Å²) in [5, 5.41) is 22.3. The van der Waals surface area contributed by atoms with E-state index in [1.54, 1.807) is 24.3 Å². The van der Waals surface area contributed by atoms with Crippen LogP contribution in [0.2, 0.25) is 0 Å². The molecule has 0 amide bonds. The third-order valence-corrected chi connectivity index (χ3v) is 3.18. The largest absolute Gasteiger partial charge is 0.364 e. The highest BCUT2D eigenvalue weighted by Gasteiger charge is 2.08. The number of anilines is 1. The predicted octanol–water partition coefficient (Wildman–Crippen LogP) is 1.46. The lowest BCUT2D eigenvalue weighted by atomic mass is 10.1. The van der Waals surface area contributed by atoms with Crippen LogP contribution in [-0.4, -0.2) is 19.8 Å². The van der Waals surface area contributed by atoms with E-state index in [0.717, 1.165) is 5.56 Å². The molecule has 0 fully saturated rings. The first-order chi connectivity index (χ1) is 10.2. The first kappa shape index (κ1) is 12.9. The van der Waals surface area contributed by atoms with Crippen LogP contribution in [-0.2, 0) is 0 Å². The Morgan fingerprint density at radius 3 is 2.76 bits per heavy atom. The quantitative estimate of drug-likeness (QED) is 0.756. The average Bonchev–Trinajstić information content (AvgIpc) is 2.88. The number of benzene rings is 1. The molecule has 1 atom stereocenters. The first-order valence-corrected chi connectivity index (χ1v) is 6.38. The van der Waals surface area contributed by atoms with Gasteiger partial charge in [0, 0.05) is 6.04 Å². The number of hydrogen-bond acceptors (Lipinski definition) is 5. The van der Waals surface area contributed by atoms with Crippen LogP contribution in [0.5, 0.6) is 0 Å². The zero-order chi connectivity index (χ0) is 14.8. The number of H-pyrrole nitrogens is 1. The fraction of sp³-hybridized carbons (Fsp3) is 0.143. The van der Waals surface area contributed by atoms with Gasteiger partial charge in [0.25, 0.3) is 0 Å². The van der Waals surface area contributed by atoms with E-state index in [1.165, 1.54) is 4.52 Å². The Kier molecular flexibility index (Phi) is 3.12. The lowest BCUT2D eigenvalue weighted by Crippen LogP contribution is -2.15. The van der Waals surface area contributed by atoms with Crippen LogP contribution in [0.4, 0.5) is 5.82 Å². The smallest absolute Gasteiger partial charge is 0.362 e. The van der Waals surface area contributed by atoms with Gasteiger partial charge in [-0.1, -0.05) is 12.1 Å². The number of nitrogens with one attached hydrogen (secondary N) is 2. The zero-order valence-corrected chi connectivity index (χ0v) is 11.2. The third-order valence-electron chi connectivity index (χ3n) is 3.18. The topological polar surface area (TPSA) is 98.9 Å². The maximum atomic E-state index is 11.5. The Morgan fingerprint density at radius 2 is 2.05 bits per heavy atom. The molecule has 7 heteroatoms. The summed E-state index contributed by atoms with van der Waals surface area (Å²) in [5.41, 5.74) is 1.74. The number of nitrogens with zero attached hydrogens (tertiary/aromatic N) is 4. The van der Waals surface area contributed by atoms with Crippen molar-refractivity contribution in [3.05, 3.63) is 58.0 Å². The molecule has 2 aromatic heterocycles. The molecule has 1 unspecified atom stereocenters. The fourth-order valence-electron chi connectivity index (χ4n) is 2.03.